The van der Waals surface area contributed by atoms with E-state index in [-0.39, 0.29) is 17.3 Å². The molecule has 0 bridgehead atoms. The van der Waals surface area contributed by atoms with Crippen molar-refractivity contribution < 1.29 is 4.42 Å². The third-order valence-electron chi connectivity index (χ3n) is 11.3. The van der Waals surface area contributed by atoms with E-state index in [0.29, 0.717) is 17.5 Å². The van der Waals surface area contributed by atoms with E-state index in [1.807, 2.05) is 0 Å². The van der Waals surface area contributed by atoms with Crippen LogP contribution in [0.1, 0.15) is 127 Å². The lowest BCUT2D eigenvalue weighted by Gasteiger charge is -2.28. The number of imidazole rings is 1. The molecule has 0 spiro atoms. The van der Waals surface area contributed by atoms with Crippen LogP contribution < -0.4 is 0 Å². The molecule has 4 aromatic heterocycles. The molecule has 5 nitrogen and oxygen atoms in total. The van der Waals surface area contributed by atoms with E-state index in [2.05, 4.69) is 134 Å². The van der Waals surface area contributed by atoms with E-state index in [1.54, 1.807) is 0 Å². The molecule has 1 fully saturated rings. The van der Waals surface area contributed by atoms with E-state index >= 15 is 0 Å². The predicted molar refractivity (Wildman–Crippen MR) is 209 cm³/mol. The Kier molecular flexibility index (Phi) is 7.89. The summed E-state index contributed by atoms with van der Waals surface area (Å²) < 4.78 is 9.24. The highest BCUT2D eigenvalue weighted by molar-refractivity contribution is 6.10. The van der Waals surface area contributed by atoms with Gasteiger partial charge in [0.05, 0.1) is 27.8 Å². The number of furan rings is 1. The standard InChI is InChI=1S/C45H50N4O/c1-25(2)35-23-31(45(7,8)9)24-36(26(3)4)40(35)49-41-38(21-19-30-18-17-27(5)46-39(30)41)47-43(49)34-16-12-15-32-33-20-22-37(48-44(33)50-42(32)34)28(6)29-13-10-11-14-29/h12,15-26,28-29H,10-11,13-14H2,1-9H3. The Labute approximate surface area is 296 Å². The molecule has 1 unspecified atom stereocenters. The molecule has 50 heavy (non-hydrogen) atoms. The summed E-state index contributed by atoms with van der Waals surface area (Å²) >= 11 is 0. The molecule has 4 heterocycles. The number of hydrogen-bond donors (Lipinski definition) is 0. The topological polar surface area (TPSA) is 56.7 Å². The van der Waals surface area contributed by atoms with Crippen molar-refractivity contribution in [2.75, 3.05) is 0 Å². The minimum atomic E-state index is 0.0119. The number of rotatable bonds is 6. The summed E-state index contributed by atoms with van der Waals surface area (Å²) in [6.45, 7) is 20.6. The third kappa shape index (κ3) is 5.32. The van der Waals surface area contributed by atoms with Gasteiger partial charge in [0.1, 0.15) is 11.4 Å². The van der Waals surface area contributed by atoms with Crippen molar-refractivity contribution in [1.82, 2.24) is 19.5 Å². The quantitative estimate of drug-likeness (QED) is 0.178. The van der Waals surface area contributed by atoms with E-state index < -0.39 is 0 Å². The molecule has 1 atom stereocenters. The van der Waals surface area contributed by atoms with Gasteiger partial charge < -0.3 is 4.42 Å². The van der Waals surface area contributed by atoms with Crippen molar-refractivity contribution in [3.63, 3.8) is 0 Å². The molecule has 7 aromatic rings. The summed E-state index contributed by atoms with van der Waals surface area (Å²) in [5.41, 5.74) is 12.7. The molecular formula is C45H50N4O. The van der Waals surface area contributed by atoms with Gasteiger partial charge in [0.2, 0.25) is 5.71 Å². The second-order valence-corrected chi connectivity index (χ2v) is 16.5. The minimum absolute atomic E-state index is 0.0119. The van der Waals surface area contributed by atoms with Crippen molar-refractivity contribution in [2.24, 2.45) is 5.92 Å². The highest BCUT2D eigenvalue weighted by Gasteiger charge is 2.29. The van der Waals surface area contributed by atoms with Gasteiger partial charge in [-0.1, -0.05) is 105 Å². The highest BCUT2D eigenvalue weighted by atomic mass is 16.3. The number of aromatic nitrogens is 4. The van der Waals surface area contributed by atoms with Crippen LogP contribution in [0.4, 0.5) is 0 Å². The first-order valence-electron chi connectivity index (χ1n) is 18.7. The van der Waals surface area contributed by atoms with E-state index in [0.717, 1.165) is 61.1 Å². The first-order valence-corrected chi connectivity index (χ1v) is 18.7. The van der Waals surface area contributed by atoms with Crippen LogP contribution in [0.2, 0.25) is 0 Å². The molecule has 8 rings (SSSR count). The van der Waals surface area contributed by atoms with Crippen molar-refractivity contribution in [1.29, 1.82) is 0 Å². The first kappa shape index (κ1) is 32.7. The van der Waals surface area contributed by atoms with Crippen LogP contribution in [0.15, 0.2) is 71.1 Å². The molecule has 1 aliphatic carbocycles. The second kappa shape index (κ2) is 12.1. The van der Waals surface area contributed by atoms with Gasteiger partial charge in [-0.2, -0.15) is 0 Å². The molecule has 0 N–H and O–H groups in total. The Balaban J connectivity index is 1.46. The average Bonchev–Trinajstić information content (AvgIpc) is 3.84. The number of nitrogens with zero attached hydrogens (tertiary/aromatic N) is 4. The number of aryl methyl sites for hydroxylation is 1. The Bertz CT molecular complexity index is 2380. The molecule has 1 aliphatic rings. The molecule has 0 radical (unpaired) electrons. The Hall–Kier alpha value is -4.51. The van der Waals surface area contributed by atoms with E-state index in [4.69, 9.17) is 19.4 Å². The summed E-state index contributed by atoms with van der Waals surface area (Å²) in [6, 6.07) is 24.4. The zero-order valence-electron chi connectivity index (χ0n) is 31.2. The molecule has 0 aliphatic heterocycles. The first-order chi connectivity index (χ1) is 23.9. The maximum atomic E-state index is 6.82. The molecule has 256 valence electrons. The number of fused-ring (bicyclic) bond motifs is 6. The SMILES string of the molecule is Cc1ccc2ccc3nc(-c4cccc5c4oc4nc(C(C)C6CCCC6)ccc45)n(-c4c(C(C)C)cc(C(C)(C)C)cc4C(C)C)c3c2n1. The molecule has 0 saturated heterocycles. The zero-order valence-corrected chi connectivity index (χ0v) is 31.2. The lowest BCUT2D eigenvalue weighted by Crippen LogP contribution is -2.16. The van der Waals surface area contributed by atoms with Crippen molar-refractivity contribution in [3.8, 4) is 17.1 Å². The Morgan fingerprint density at radius 1 is 0.780 bits per heavy atom. The monoisotopic (exact) mass is 662 g/mol. The zero-order chi connectivity index (χ0) is 35.1. The highest BCUT2D eigenvalue weighted by Crippen LogP contribution is 2.44. The molecule has 0 amide bonds. The summed E-state index contributed by atoms with van der Waals surface area (Å²) in [5, 5.41) is 3.23. The average molecular weight is 663 g/mol. The number of para-hydroxylation sites is 1. The van der Waals surface area contributed by atoms with Crippen LogP contribution in [0, 0.1) is 12.8 Å². The van der Waals surface area contributed by atoms with Gasteiger partial charge in [0.15, 0.2) is 0 Å². The summed E-state index contributed by atoms with van der Waals surface area (Å²) in [6.07, 6.45) is 5.23. The number of pyridine rings is 2. The van der Waals surface area contributed by atoms with Gasteiger partial charge in [-0.05, 0) is 90.0 Å². The van der Waals surface area contributed by atoms with Gasteiger partial charge in [0, 0.05) is 33.5 Å². The van der Waals surface area contributed by atoms with Gasteiger partial charge in [-0.3, -0.25) is 9.55 Å². The van der Waals surface area contributed by atoms with Crippen LogP contribution >= 0.6 is 0 Å². The normalized spacial score (nSPS) is 15.2. The second-order valence-electron chi connectivity index (χ2n) is 16.5. The fourth-order valence-corrected chi connectivity index (χ4v) is 8.31. The fourth-order valence-electron chi connectivity index (χ4n) is 8.31. The van der Waals surface area contributed by atoms with E-state index in [9.17, 15) is 0 Å². The molecule has 5 heteroatoms. The Morgan fingerprint density at radius 2 is 1.48 bits per heavy atom. The van der Waals surface area contributed by atoms with Crippen LogP contribution in [0.25, 0.3) is 61.1 Å². The van der Waals surface area contributed by atoms with Crippen LogP contribution in [0.3, 0.4) is 0 Å². The number of hydrogen-bond acceptors (Lipinski definition) is 4. The van der Waals surface area contributed by atoms with Crippen LogP contribution in [-0.2, 0) is 5.41 Å². The van der Waals surface area contributed by atoms with Gasteiger partial charge in [-0.25, -0.2) is 9.97 Å². The Morgan fingerprint density at radius 3 is 2.16 bits per heavy atom. The van der Waals surface area contributed by atoms with E-state index in [1.165, 1.54) is 48.1 Å². The lowest BCUT2D eigenvalue weighted by atomic mass is 9.81. The fraction of sp³-hybridized carbons (Fsp3) is 0.400. The van der Waals surface area contributed by atoms with Gasteiger partial charge in [0.25, 0.3) is 0 Å². The third-order valence-corrected chi connectivity index (χ3v) is 11.3. The van der Waals surface area contributed by atoms with Crippen LogP contribution in [-0.4, -0.2) is 19.5 Å². The van der Waals surface area contributed by atoms with Crippen LogP contribution in [0.5, 0.6) is 0 Å². The van der Waals surface area contributed by atoms with Gasteiger partial charge in [-0.15, -0.1) is 0 Å². The van der Waals surface area contributed by atoms with Crippen molar-refractivity contribution in [3.05, 3.63) is 94.8 Å². The molecule has 3 aromatic carbocycles. The maximum absolute atomic E-state index is 6.82. The maximum Gasteiger partial charge on any atom is 0.227 e. The minimum Gasteiger partial charge on any atom is -0.437 e. The van der Waals surface area contributed by atoms with Gasteiger partial charge >= 0.3 is 0 Å². The predicted octanol–water partition coefficient (Wildman–Crippen LogP) is 12.7. The largest absolute Gasteiger partial charge is 0.437 e. The summed E-state index contributed by atoms with van der Waals surface area (Å²) in [4.78, 5) is 15.8. The summed E-state index contributed by atoms with van der Waals surface area (Å²) in [7, 11) is 0. The van der Waals surface area contributed by atoms with Crippen molar-refractivity contribution in [2.45, 2.75) is 111 Å². The van der Waals surface area contributed by atoms with Crippen molar-refractivity contribution >= 4 is 44.0 Å². The lowest BCUT2D eigenvalue weighted by molar-refractivity contribution is 0.452. The smallest absolute Gasteiger partial charge is 0.227 e. The molecule has 1 saturated carbocycles. The molecular weight excluding hydrogens is 613 g/mol. The summed E-state index contributed by atoms with van der Waals surface area (Å²) in [5.74, 6) is 2.55. The number of benzene rings is 3.